The molecule has 0 saturated heterocycles. The van der Waals surface area contributed by atoms with Crippen LogP contribution in [0.2, 0.25) is 0 Å². The molecule has 1 rings (SSSR count). The van der Waals surface area contributed by atoms with E-state index in [-0.39, 0.29) is 6.10 Å². The second-order valence-corrected chi connectivity index (χ2v) is 7.24. The zero-order chi connectivity index (χ0) is 17.1. The van der Waals surface area contributed by atoms with Crippen molar-refractivity contribution in [3.05, 3.63) is 35.9 Å². The van der Waals surface area contributed by atoms with Crippen LogP contribution in [0.1, 0.15) is 38.2 Å². The van der Waals surface area contributed by atoms with Gasteiger partial charge < -0.3 is 0 Å². The molecule has 0 saturated carbocycles. The van der Waals surface area contributed by atoms with E-state index in [9.17, 15) is 8.42 Å². The molecule has 1 aromatic carbocycles. The van der Waals surface area contributed by atoms with Gasteiger partial charge in [-0.05, 0) is 31.4 Å². The Morgan fingerprint density at radius 2 is 1.96 bits per heavy atom. The summed E-state index contributed by atoms with van der Waals surface area (Å²) in [4.78, 5) is 2.25. The third kappa shape index (κ3) is 9.34. The number of nitrogens with zero attached hydrogens (tertiary/aromatic N) is 2. The monoisotopic (exact) mass is 338 g/mol. The topological polar surface area (TPSA) is 70.4 Å². The Labute approximate surface area is 140 Å². The standard InChI is InChI=1S/C17H26N2O3S/c1-3-17(22-23(2,20)21)11-14-19(13-8-7-12-18)15-16-9-5-4-6-10-16/h4-6,9-10,17H,3,7-8,11,13-15H2,1-2H3/t17-/m0/s1. The highest BCUT2D eigenvalue weighted by atomic mass is 32.2. The van der Waals surface area contributed by atoms with Crippen molar-refractivity contribution in [1.82, 2.24) is 4.90 Å². The first-order chi connectivity index (χ1) is 10.9. The summed E-state index contributed by atoms with van der Waals surface area (Å²) < 4.78 is 27.7. The Kier molecular flexibility index (Phi) is 8.85. The van der Waals surface area contributed by atoms with Crippen molar-refractivity contribution in [3.63, 3.8) is 0 Å². The average molecular weight is 338 g/mol. The first-order valence-electron chi connectivity index (χ1n) is 7.96. The highest BCUT2D eigenvalue weighted by molar-refractivity contribution is 7.86. The van der Waals surface area contributed by atoms with Crippen LogP contribution < -0.4 is 0 Å². The van der Waals surface area contributed by atoms with Crippen LogP contribution in [-0.4, -0.2) is 38.8 Å². The normalized spacial score (nSPS) is 13.0. The second kappa shape index (κ2) is 10.4. The second-order valence-electron chi connectivity index (χ2n) is 5.64. The molecule has 0 spiro atoms. The van der Waals surface area contributed by atoms with Gasteiger partial charge in [-0.25, -0.2) is 0 Å². The number of hydrogen-bond donors (Lipinski definition) is 0. The van der Waals surface area contributed by atoms with Gasteiger partial charge in [-0.3, -0.25) is 9.08 Å². The zero-order valence-electron chi connectivity index (χ0n) is 13.9. The molecule has 1 aromatic rings. The van der Waals surface area contributed by atoms with Gasteiger partial charge in [0, 0.05) is 19.5 Å². The maximum absolute atomic E-state index is 11.3. The molecule has 0 heterocycles. The van der Waals surface area contributed by atoms with Crippen LogP contribution in [0.4, 0.5) is 0 Å². The maximum Gasteiger partial charge on any atom is 0.264 e. The van der Waals surface area contributed by atoms with Crippen LogP contribution in [0, 0.1) is 11.3 Å². The minimum Gasteiger partial charge on any atom is -0.299 e. The highest BCUT2D eigenvalue weighted by Crippen LogP contribution is 2.12. The van der Waals surface area contributed by atoms with Crippen molar-refractivity contribution in [1.29, 1.82) is 5.26 Å². The fourth-order valence-corrected chi connectivity index (χ4v) is 3.11. The van der Waals surface area contributed by atoms with Gasteiger partial charge in [-0.15, -0.1) is 0 Å². The van der Waals surface area contributed by atoms with Gasteiger partial charge in [-0.2, -0.15) is 13.7 Å². The Hall–Kier alpha value is -1.42. The first-order valence-corrected chi connectivity index (χ1v) is 9.77. The summed E-state index contributed by atoms with van der Waals surface area (Å²) in [5.41, 5.74) is 1.21. The van der Waals surface area contributed by atoms with Gasteiger partial charge in [0.05, 0.1) is 18.4 Å². The summed E-state index contributed by atoms with van der Waals surface area (Å²) >= 11 is 0. The largest absolute Gasteiger partial charge is 0.299 e. The third-order valence-corrected chi connectivity index (χ3v) is 4.17. The number of nitriles is 1. The van der Waals surface area contributed by atoms with Crippen LogP contribution >= 0.6 is 0 Å². The molecule has 1 atom stereocenters. The van der Waals surface area contributed by atoms with Crippen molar-refractivity contribution < 1.29 is 12.6 Å². The minimum atomic E-state index is -3.42. The summed E-state index contributed by atoms with van der Waals surface area (Å²) in [6.07, 6.45) is 3.45. The van der Waals surface area contributed by atoms with Gasteiger partial charge in [0.2, 0.25) is 0 Å². The molecule has 0 aliphatic rings. The Morgan fingerprint density at radius 3 is 2.52 bits per heavy atom. The van der Waals surface area contributed by atoms with Gasteiger partial charge in [0.1, 0.15) is 0 Å². The molecule has 0 aliphatic heterocycles. The van der Waals surface area contributed by atoms with Crippen molar-refractivity contribution in [2.45, 2.75) is 45.3 Å². The van der Waals surface area contributed by atoms with Crippen LogP contribution in [0.3, 0.4) is 0 Å². The summed E-state index contributed by atoms with van der Waals surface area (Å²) in [5, 5.41) is 8.70. The molecule has 0 aromatic heterocycles. The van der Waals surface area contributed by atoms with E-state index in [1.54, 1.807) is 0 Å². The first kappa shape index (κ1) is 19.6. The lowest BCUT2D eigenvalue weighted by Gasteiger charge is -2.24. The van der Waals surface area contributed by atoms with E-state index in [1.807, 2.05) is 25.1 Å². The van der Waals surface area contributed by atoms with E-state index in [1.165, 1.54) is 5.56 Å². The number of unbranched alkanes of at least 4 members (excludes halogenated alkanes) is 1. The Morgan fingerprint density at radius 1 is 1.26 bits per heavy atom. The fraction of sp³-hybridized carbons (Fsp3) is 0.588. The molecular formula is C17H26N2O3S. The van der Waals surface area contributed by atoms with Crippen molar-refractivity contribution >= 4 is 10.1 Å². The molecule has 0 aliphatic carbocycles. The average Bonchev–Trinajstić information content (AvgIpc) is 2.51. The van der Waals surface area contributed by atoms with E-state index < -0.39 is 10.1 Å². The zero-order valence-corrected chi connectivity index (χ0v) is 14.8. The Balaban J connectivity index is 2.59. The third-order valence-electron chi connectivity index (χ3n) is 3.55. The molecule has 128 valence electrons. The summed E-state index contributed by atoms with van der Waals surface area (Å²) in [6.45, 7) is 4.28. The molecule has 0 N–H and O–H groups in total. The SMILES string of the molecule is CC[C@@H](CCN(CCCC#N)Cc1ccccc1)OS(C)(=O)=O. The van der Waals surface area contributed by atoms with Crippen molar-refractivity contribution in [3.8, 4) is 6.07 Å². The molecule has 0 unspecified atom stereocenters. The van der Waals surface area contributed by atoms with Crippen LogP contribution in [0.5, 0.6) is 0 Å². The highest BCUT2D eigenvalue weighted by Gasteiger charge is 2.15. The fourth-order valence-electron chi connectivity index (χ4n) is 2.39. The minimum absolute atomic E-state index is 0.292. The van der Waals surface area contributed by atoms with Crippen LogP contribution in [-0.2, 0) is 20.8 Å². The van der Waals surface area contributed by atoms with Crippen molar-refractivity contribution in [2.75, 3.05) is 19.3 Å². The molecule has 0 bridgehead atoms. The Bertz CT molecular complexity index is 582. The summed E-state index contributed by atoms with van der Waals surface area (Å²) in [7, 11) is -3.42. The van der Waals surface area contributed by atoms with Crippen molar-refractivity contribution in [2.24, 2.45) is 0 Å². The quantitative estimate of drug-likeness (QED) is 0.458. The number of hydrogen-bond acceptors (Lipinski definition) is 5. The van der Waals surface area contributed by atoms with E-state index in [2.05, 4.69) is 23.1 Å². The lowest BCUT2D eigenvalue weighted by atomic mass is 10.1. The van der Waals surface area contributed by atoms with E-state index in [4.69, 9.17) is 9.44 Å². The molecule has 0 amide bonds. The van der Waals surface area contributed by atoms with E-state index >= 15 is 0 Å². The maximum atomic E-state index is 11.3. The smallest absolute Gasteiger partial charge is 0.264 e. The lowest BCUT2D eigenvalue weighted by molar-refractivity contribution is 0.162. The van der Waals surface area contributed by atoms with E-state index in [0.717, 1.165) is 32.3 Å². The molecule has 5 nitrogen and oxygen atoms in total. The molecule has 23 heavy (non-hydrogen) atoms. The molecule has 6 heteroatoms. The molecular weight excluding hydrogens is 312 g/mol. The van der Waals surface area contributed by atoms with Crippen LogP contribution in [0.25, 0.3) is 0 Å². The molecule has 0 fully saturated rings. The predicted octanol–water partition coefficient (Wildman–Crippen LogP) is 2.94. The van der Waals surface area contributed by atoms with Crippen LogP contribution in [0.15, 0.2) is 30.3 Å². The van der Waals surface area contributed by atoms with Gasteiger partial charge in [0.25, 0.3) is 10.1 Å². The lowest BCUT2D eigenvalue weighted by Crippen LogP contribution is -2.29. The van der Waals surface area contributed by atoms with Gasteiger partial charge in [-0.1, -0.05) is 37.3 Å². The number of rotatable bonds is 11. The van der Waals surface area contributed by atoms with Gasteiger partial charge in [0.15, 0.2) is 0 Å². The molecule has 0 radical (unpaired) electrons. The summed E-state index contributed by atoms with van der Waals surface area (Å²) in [5.74, 6) is 0. The predicted molar refractivity (Wildman–Crippen MR) is 91.2 cm³/mol. The number of benzene rings is 1. The van der Waals surface area contributed by atoms with Gasteiger partial charge >= 0.3 is 0 Å². The summed E-state index contributed by atoms with van der Waals surface area (Å²) in [6, 6.07) is 12.3. The van der Waals surface area contributed by atoms with E-state index in [0.29, 0.717) is 19.3 Å².